The summed E-state index contributed by atoms with van der Waals surface area (Å²) < 4.78 is 31.0. The Morgan fingerprint density at radius 1 is 1.30 bits per heavy atom. The highest BCUT2D eigenvalue weighted by atomic mass is 32.2. The number of aryl methyl sites for hydroxylation is 1. The van der Waals surface area contributed by atoms with Crippen LogP contribution in [-0.2, 0) is 21.2 Å². The molecule has 23 heavy (non-hydrogen) atoms. The third-order valence-corrected chi connectivity index (χ3v) is 4.58. The van der Waals surface area contributed by atoms with Crippen LogP contribution in [0.15, 0.2) is 40.9 Å². The van der Waals surface area contributed by atoms with Gasteiger partial charge in [-0.25, -0.2) is 13.1 Å². The lowest BCUT2D eigenvalue weighted by Gasteiger charge is -2.17. The van der Waals surface area contributed by atoms with Crippen molar-refractivity contribution in [3.63, 3.8) is 0 Å². The number of amides is 1. The first-order valence-electron chi connectivity index (χ1n) is 7.17. The van der Waals surface area contributed by atoms with Crippen molar-refractivity contribution in [1.29, 1.82) is 0 Å². The molecule has 0 bridgehead atoms. The standard InChI is InChI=1S/C15H19N3O4S/c1-3-23(20,21)18-13(10-12-7-5-4-6-8-12)15(19)16-14-9-11(2)22-17-14/h4-9,13,18H,3,10H2,1-2H3,(H,16,17,19)/t13-/m0/s1. The van der Waals surface area contributed by atoms with Crippen molar-refractivity contribution in [3.8, 4) is 0 Å². The van der Waals surface area contributed by atoms with E-state index < -0.39 is 22.0 Å². The number of hydrogen-bond donors (Lipinski definition) is 2. The van der Waals surface area contributed by atoms with E-state index in [1.54, 1.807) is 13.0 Å². The van der Waals surface area contributed by atoms with E-state index in [2.05, 4.69) is 15.2 Å². The molecule has 1 atom stereocenters. The molecule has 0 aliphatic carbocycles. The summed E-state index contributed by atoms with van der Waals surface area (Å²) in [5, 5.41) is 6.24. The van der Waals surface area contributed by atoms with E-state index in [-0.39, 0.29) is 18.0 Å². The van der Waals surface area contributed by atoms with E-state index in [0.717, 1.165) is 5.56 Å². The second-order valence-electron chi connectivity index (χ2n) is 5.08. The van der Waals surface area contributed by atoms with E-state index in [4.69, 9.17) is 4.52 Å². The molecule has 2 aromatic rings. The minimum atomic E-state index is -3.53. The van der Waals surface area contributed by atoms with Gasteiger partial charge in [0, 0.05) is 6.07 Å². The summed E-state index contributed by atoms with van der Waals surface area (Å²) in [5.74, 6) is 0.212. The van der Waals surface area contributed by atoms with Gasteiger partial charge in [-0.2, -0.15) is 0 Å². The average Bonchev–Trinajstić information content (AvgIpc) is 2.92. The van der Waals surface area contributed by atoms with Crippen LogP contribution in [0.1, 0.15) is 18.2 Å². The normalized spacial score (nSPS) is 12.8. The topological polar surface area (TPSA) is 101 Å². The van der Waals surface area contributed by atoms with Gasteiger partial charge in [0.05, 0.1) is 5.75 Å². The number of sulfonamides is 1. The smallest absolute Gasteiger partial charge is 0.244 e. The van der Waals surface area contributed by atoms with Gasteiger partial charge in [-0.15, -0.1) is 0 Å². The Bertz CT molecular complexity index is 756. The van der Waals surface area contributed by atoms with Crippen LogP contribution in [0.2, 0.25) is 0 Å². The first-order chi connectivity index (χ1) is 10.9. The molecule has 2 N–H and O–H groups in total. The van der Waals surface area contributed by atoms with Gasteiger partial charge >= 0.3 is 0 Å². The lowest BCUT2D eigenvalue weighted by atomic mass is 10.1. The van der Waals surface area contributed by atoms with Crippen LogP contribution in [0.3, 0.4) is 0 Å². The molecular formula is C15H19N3O4S. The molecule has 1 heterocycles. The monoisotopic (exact) mass is 337 g/mol. The van der Waals surface area contributed by atoms with Gasteiger partial charge in [-0.1, -0.05) is 35.5 Å². The molecule has 0 aliphatic heterocycles. The molecule has 0 saturated heterocycles. The summed E-state index contributed by atoms with van der Waals surface area (Å²) in [6.07, 6.45) is 0.239. The molecule has 124 valence electrons. The summed E-state index contributed by atoms with van der Waals surface area (Å²) in [6, 6.07) is 9.82. The fourth-order valence-electron chi connectivity index (χ4n) is 1.98. The lowest BCUT2D eigenvalue weighted by Crippen LogP contribution is -2.45. The van der Waals surface area contributed by atoms with Crippen LogP contribution >= 0.6 is 0 Å². The Balaban J connectivity index is 2.16. The second-order valence-corrected chi connectivity index (χ2v) is 7.12. The molecule has 1 aromatic heterocycles. The van der Waals surface area contributed by atoms with Crippen LogP contribution in [0.5, 0.6) is 0 Å². The third-order valence-electron chi connectivity index (χ3n) is 3.18. The van der Waals surface area contributed by atoms with Crippen LogP contribution in [0, 0.1) is 6.92 Å². The van der Waals surface area contributed by atoms with Gasteiger partial charge < -0.3 is 9.84 Å². The van der Waals surface area contributed by atoms with Gasteiger partial charge in [-0.05, 0) is 25.8 Å². The predicted molar refractivity (Wildman–Crippen MR) is 86.4 cm³/mol. The lowest BCUT2D eigenvalue weighted by molar-refractivity contribution is -0.117. The van der Waals surface area contributed by atoms with Gasteiger partial charge in [0.2, 0.25) is 15.9 Å². The highest BCUT2D eigenvalue weighted by Gasteiger charge is 2.24. The van der Waals surface area contributed by atoms with E-state index >= 15 is 0 Å². The minimum absolute atomic E-state index is 0.103. The largest absolute Gasteiger partial charge is 0.360 e. The number of rotatable bonds is 7. The van der Waals surface area contributed by atoms with Gasteiger partial charge in [-0.3, -0.25) is 4.79 Å². The number of hydrogen-bond acceptors (Lipinski definition) is 5. The summed E-state index contributed by atoms with van der Waals surface area (Å²) in [4.78, 5) is 12.4. The van der Waals surface area contributed by atoms with Crippen LogP contribution < -0.4 is 10.0 Å². The van der Waals surface area contributed by atoms with Crippen molar-refractivity contribution in [1.82, 2.24) is 9.88 Å². The first-order valence-corrected chi connectivity index (χ1v) is 8.83. The summed E-state index contributed by atoms with van der Waals surface area (Å²) >= 11 is 0. The Morgan fingerprint density at radius 2 is 2.00 bits per heavy atom. The molecule has 0 aliphatic rings. The first kappa shape index (κ1) is 17.2. The van der Waals surface area contributed by atoms with Crippen LogP contribution in [0.25, 0.3) is 0 Å². The zero-order valence-corrected chi connectivity index (χ0v) is 13.8. The van der Waals surface area contributed by atoms with Crippen molar-refractivity contribution in [2.45, 2.75) is 26.3 Å². The summed E-state index contributed by atoms with van der Waals surface area (Å²) in [5.41, 5.74) is 0.850. The summed E-state index contributed by atoms with van der Waals surface area (Å²) in [6.45, 7) is 3.21. The van der Waals surface area contributed by atoms with E-state index in [1.807, 2.05) is 30.3 Å². The van der Waals surface area contributed by atoms with Gasteiger partial charge in [0.25, 0.3) is 0 Å². The third kappa shape index (κ3) is 5.19. The predicted octanol–water partition coefficient (Wildman–Crippen LogP) is 1.47. The van der Waals surface area contributed by atoms with Crippen molar-refractivity contribution in [2.75, 3.05) is 11.1 Å². The molecule has 1 amide bonds. The zero-order valence-electron chi connectivity index (χ0n) is 12.9. The van der Waals surface area contributed by atoms with Crippen molar-refractivity contribution in [2.24, 2.45) is 0 Å². The molecule has 1 aromatic carbocycles. The van der Waals surface area contributed by atoms with Crippen molar-refractivity contribution < 1.29 is 17.7 Å². The zero-order chi connectivity index (χ0) is 16.9. The van der Waals surface area contributed by atoms with E-state index in [1.165, 1.54) is 6.92 Å². The fraction of sp³-hybridized carbons (Fsp3) is 0.333. The van der Waals surface area contributed by atoms with Crippen LogP contribution in [-0.4, -0.2) is 31.3 Å². The van der Waals surface area contributed by atoms with E-state index in [0.29, 0.717) is 5.76 Å². The molecule has 0 spiro atoms. The Morgan fingerprint density at radius 3 is 2.57 bits per heavy atom. The molecule has 2 rings (SSSR count). The molecule has 7 nitrogen and oxygen atoms in total. The number of nitrogens with one attached hydrogen (secondary N) is 2. The quantitative estimate of drug-likeness (QED) is 0.797. The number of carbonyl (C=O) groups excluding carboxylic acids is 1. The molecule has 8 heteroatoms. The van der Waals surface area contributed by atoms with Crippen LogP contribution in [0.4, 0.5) is 5.82 Å². The number of aromatic nitrogens is 1. The highest BCUT2D eigenvalue weighted by molar-refractivity contribution is 7.89. The fourth-order valence-corrected chi connectivity index (χ4v) is 2.77. The molecule has 0 radical (unpaired) electrons. The maximum atomic E-state index is 12.4. The maximum Gasteiger partial charge on any atom is 0.244 e. The highest BCUT2D eigenvalue weighted by Crippen LogP contribution is 2.10. The molecular weight excluding hydrogens is 318 g/mol. The Labute approximate surface area is 135 Å². The number of carbonyl (C=O) groups is 1. The van der Waals surface area contributed by atoms with Crippen molar-refractivity contribution >= 4 is 21.7 Å². The van der Waals surface area contributed by atoms with E-state index in [9.17, 15) is 13.2 Å². The number of benzene rings is 1. The van der Waals surface area contributed by atoms with Crippen molar-refractivity contribution in [3.05, 3.63) is 47.7 Å². The molecule has 0 fully saturated rings. The van der Waals surface area contributed by atoms with Gasteiger partial charge in [0.1, 0.15) is 11.8 Å². The minimum Gasteiger partial charge on any atom is -0.360 e. The molecule has 0 unspecified atom stereocenters. The Hall–Kier alpha value is -2.19. The SMILES string of the molecule is CCS(=O)(=O)N[C@@H](Cc1ccccc1)C(=O)Nc1cc(C)on1. The van der Waals surface area contributed by atoms with Gasteiger partial charge in [0.15, 0.2) is 5.82 Å². The molecule has 0 saturated carbocycles. The number of nitrogens with zero attached hydrogens (tertiary/aromatic N) is 1. The Kier molecular flexibility index (Phi) is 5.51. The second kappa shape index (κ2) is 7.38. The summed E-state index contributed by atoms with van der Waals surface area (Å²) in [7, 11) is -3.53. The number of anilines is 1. The maximum absolute atomic E-state index is 12.4. The average molecular weight is 337 g/mol.